The van der Waals surface area contributed by atoms with E-state index in [-0.39, 0.29) is 23.5 Å². The molecule has 4 rings (SSSR count). The molecule has 0 aromatic heterocycles. The number of fused-ring (bicyclic) bond motifs is 1. The molecule has 0 aliphatic carbocycles. The maximum atomic E-state index is 13.5. The Kier molecular flexibility index (Phi) is 6.15. The molecule has 7 nitrogen and oxygen atoms in total. The molecule has 35 heavy (non-hydrogen) atoms. The second kappa shape index (κ2) is 8.70. The van der Waals surface area contributed by atoms with E-state index < -0.39 is 28.7 Å². The number of aliphatic hydroxyl groups is 1. The number of aliphatic hydroxyl groups excluding tert-OH is 1. The summed E-state index contributed by atoms with van der Waals surface area (Å²) >= 11 is 5.61. The topological polar surface area (TPSA) is 80.0 Å². The molecular formula is C24H23F3N4O3S. The van der Waals surface area contributed by atoms with E-state index in [1.807, 2.05) is 17.9 Å². The van der Waals surface area contributed by atoms with Crippen LogP contribution in [0.5, 0.6) is 5.75 Å². The average molecular weight is 505 g/mol. The number of likely N-dealkylation sites (N-methyl/N-ethyl adjacent to an activating group) is 1. The number of nitriles is 1. The van der Waals surface area contributed by atoms with Crippen molar-refractivity contribution in [1.29, 1.82) is 5.26 Å². The van der Waals surface area contributed by atoms with Gasteiger partial charge in [0.05, 0.1) is 41.7 Å². The number of benzene rings is 2. The van der Waals surface area contributed by atoms with E-state index in [2.05, 4.69) is 0 Å². The van der Waals surface area contributed by atoms with Crippen LogP contribution in [-0.2, 0) is 11.0 Å². The van der Waals surface area contributed by atoms with Crippen LogP contribution in [0.3, 0.4) is 0 Å². The lowest BCUT2D eigenvalue weighted by Crippen LogP contribution is -2.45. The van der Waals surface area contributed by atoms with Crippen LogP contribution in [0.25, 0.3) is 0 Å². The fourth-order valence-electron chi connectivity index (χ4n) is 4.41. The molecule has 1 fully saturated rings. The van der Waals surface area contributed by atoms with Gasteiger partial charge < -0.3 is 19.6 Å². The van der Waals surface area contributed by atoms with E-state index >= 15 is 0 Å². The van der Waals surface area contributed by atoms with Crippen LogP contribution in [0.2, 0.25) is 0 Å². The van der Waals surface area contributed by atoms with Crippen molar-refractivity contribution in [2.24, 2.45) is 0 Å². The number of rotatable bonds is 4. The van der Waals surface area contributed by atoms with Gasteiger partial charge in [0.1, 0.15) is 17.4 Å². The number of hydrogen-bond acceptors (Lipinski definition) is 6. The van der Waals surface area contributed by atoms with Gasteiger partial charge in [-0.25, -0.2) is 0 Å². The van der Waals surface area contributed by atoms with Gasteiger partial charge in [0.25, 0.3) is 5.91 Å². The number of hydrogen-bond donors (Lipinski definition) is 1. The Morgan fingerprint density at radius 1 is 1.23 bits per heavy atom. The summed E-state index contributed by atoms with van der Waals surface area (Å²) < 4.78 is 46.5. The van der Waals surface area contributed by atoms with Crippen LogP contribution < -0.4 is 19.4 Å². The van der Waals surface area contributed by atoms with E-state index in [4.69, 9.17) is 22.2 Å². The monoisotopic (exact) mass is 504 g/mol. The highest BCUT2D eigenvalue weighted by atomic mass is 32.1. The zero-order chi connectivity index (χ0) is 25.7. The van der Waals surface area contributed by atoms with Crippen LogP contribution in [0, 0.1) is 11.3 Å². The molecule has 0 unspecified atom stereocenters. The molecule has 0 bridgehead atoms. The minimum atomic E-state index is -4.77. The van der Waals surface area contributed by atoms with Gasteiger partial charge in [0.15, 0.2) is 5.11 Å². The van der Waals surface area contributed by atoms with Crippen LogP contribution in [0.1, 0.15) is 31.9 Å². The normalized spacial score (nSPS) is 19.5. The van der Waals surface area contributed by atoms with Crippen LogP contribution >= 0.6 is 12.2 Å². The van der Waals surface area contributed by atoms with Crippen LogP contribution in [-0.4, -0.2) is 47.5 Å². The second-order valence-electron chi connectivity index (χ2n) is 8.77. The zero-order valence-corrected chi connectivity index (χ0v) is 20.1. The summed E-state index contributed by atoms with van der Waals surface area (Å²) in [5.41, 5.74) is -1.60. The predicted molar refractivity (Wildman–Crippen MR) is 129 cm³/mol. The predicted octanol–water partition coefficient (Wildman–Crippen LogP) is 4.07. The number of ether oxygens (including phenoxy) is 1. The Morgan fingerprint density at radius 3 is 2.51 bits per heavy atom. The molecule has 1 saturated heterocycles. The lowest BCUT2D eigenvalue weighted by Gasteiger charge is -2.37. The van der Waals surface area contributed by atoms with Crippen molar-refractivity contribution in [3.05, 3.63) is 47.5 Å². The Balaban J connectivity index is 1.77. The van der Waals surface area contributed by atoms with Crippen LogP contribution in [0.15, 0.2) is 36.4 Å². The number of amides is 1. The fraction of sp³-hybridized carbons (Fsp3) is 0.375. The average Bonchev–Trinajstić information content (AvgIpc) is 3.00. The first-order valence-corrected chi connectivity index (χ1v) is 11.3. The molecule has 1 atom stereocenters. The summed E-state index contributed by atoms with van der Waals surface area (Å²) in [6.07, 6.45) is -5.14. The highest BCUT2D eigenvalue weighted by molar-refractivity contribution is 7.81. The molecule has 11 heteroatoms. The first-order chi connectivity index (χ1) is 16.4. The Morgan fingerprint density at radius 2 is 1.91 bits per heavy atom. The van der Waals surface area contributed by atoms with Crippen molar-refractivity contribution in [3.63, 3.8) is 0 Å². The van der Waals surface area contributed by atoms with E-state index in [1.54, 1.807) is 36.9 Å². The molecule has 1 amide bonds. The highest BCUT2D eigenvalue weighted by Crippen LogP contribution is 2.43. The molecule has 184 valence electrons. The van der Waals surface area contributed by atoms with Gasteiger partial charge in [-0.2, -0.15) is 18.4 Å². The Hall–Kier alpha value is -3.36. The molecule has 0 spiro atoms. The molecule has 2 heterocycles. The summed E-state index contributed by atoms with van der Waals surface area (Å²) in [5, 5.41) is 18.6. The summed E-state index contributed by atoms with van der Waals surface area (Å²) in [6, 6.07) is 9.90. The van der Waals surface area contributed by atoms with Crippen molar-refractivity contribution in [3.8, 4) is 11.8 Å². The number of thiocarbonyl (C=S) groups is 1. The van der Waals surface area contributed by atoms with Gasteiger partial charge >= 0.3 is 6.18 Å². The van der Waals surface area contributed by atoms with E-state index in [0.717, 1.165) is 22.7 Å². The molecule has 0 radical (unpaired) electrons. The Bertz CT molecular complexity index is 1240. The third kappa shape index (κ3) is 4.06. The number of nitrogens with zero attached hydrogens (tertiary/aromatic N) is 4. The van der Waals surface area contributed by atoms with Crippen molar-refractivity contribution < 1.29 is 27.8 Å². The molecule has 2 aliphatic heterocycles. The van der Waals surface area contributed by atoms with E-state index in [9.17, 15) is 23.1 Å². The first kappa shape index (κ1) is 24.8. The minimum Gasteiger partial charge on any atom is -0.484 e. The highest BCUT2D eigenvalue weighted by Gasteiger charge is 2.51. The molecule has 1 N–H and O–H groups in total. The standard InChI is InChI=1S/C24H23F3N4O3S/c1-4-29-12-17(13-32)34-20-8-7-16(10-19(20)29)31-22(35)30(21(33)23(31,2)3)15-6-5-14(11-28)18(9-15)24(25,26)27/h5-10,17,32H,4,12-13H2,1-3H3/t17-/m0/s1. The van der Waals surface area contributed by atoms with Gasteiger partial charge in [-0.1, -0.05) is 0 Å². The van der Waals surface area contributed by atoms with Gasteiger partial charge in [-0.05, 0) is 69.4 Å². The summed E-state index contributed by atoms with van der Waals surface area (Å²) in [6.45, 7) is 6.26. The third-order valence-electron chi connectivity index (χ3n) is 6.20. The number of carbonyl (C=O) groups is 1. The molecule has 2 aliphatic rings. The summed E-state index contributed by atoms with van der Waals surface area (Å²) in [5.74, 6) is 0.0795. The molecular weight excluding hydrogens is 481 g/mol. The van der Waals surface area contributed by atoms with Crippen molar-refractivity contribution in [2.75, 3.05) is 34.4 Å². The number of carbonyl (C=O) groups excluding carboxylic acids is 1. The fourth-order valence-corrected chi connectivity index (χ4v) is 4.93. The lowest BCUT2D eigenvalue weighted by atomic mass is 10.0. The van der Waals surface area contributed by atoms with Crippen molar-refractivity contribution >= 4 is 40.3 Å². The smallest absolute Gasteiger partial charge is 0.417 e. The Labute approximate surface area is 205 Å². The maximum Gasteiger partial charge on any atom is 0.417 e. The van der Waals surface area contributed by atoms with Crippen molar-refractivity contribution in [1.82, 2.24) is 0 Å². The van der Waals surface area contributed by atoms with Crippen molar-refractivity contribution in [2.45, 2.75) is 38.6 Å². The SMILES string of the molecule is CCN1C[C@@H](CO)Oc2ccc(N3C(=S)N(c4ccc(C#N)c(C(F)(F)F)c4)C(=O)C3(C)C)cc21. The second-order valence-corrected chi connectivity index (χ2v) is 9.14. The largest absolute Gasteiger partial charge is 0.484 e. The summed E-state index contributed by atoms with van der Waals surface area (Å²) in [4.78, 5) is 18.1. The summed E-state index contributed by atoms with van der Waals surface area (Å²) in [7, 11) is 0. The number of alkyl halides is 3. The maximum absolute atomic E-state index is 13.5. The quantitative estimate of drug-likeness (QED) is 0.629. The van der Waals surface area contributed by atoms with Gasteiger partial charge in [-0.15, -0.1) is 0 Å². The van der Waals surface area contributed by atoms with Gasteiger partial charge in [-0.3, -0.25) is 9.69 Å². The van der Waals surface area contributed by atoms with E-state index in [1.165, 1.54) is 6.07 Å². The number of anilines is 3. The van der Waals surface area contributed by atoms with Crippen LogP contribution in [0.4, 0.5) is 30.2 Å². The zero-order valence-electron chi connectivity index (χ0n) is 19.3. The molecule has 2 aromatic carbocycles. The lowest BCUT2D eigenvalue weighted by molar-refractivity contribution is -0.137. The first-order valence-electron chi connectivity index (χ1n) is 10.9. The van der Waals surface area contributed by atoms with E-state index in [0.29, 0.717) is 24.5 Å². The number of halogens is 3. The third-order valence-corrected chi connectivity index (χ3v) is 6.56. The minimum absolute atomic E-state index is 0.0193. The molecule has 0 saturated carbocycles. The van der Waals surface area contributed by atoms with Gasteiger partial charge in [0.2, 0.25) is 0 Å². The van der Waals surface area contributed by atoms with Gasteiger partial charge in [0, 0.05) is 12.2 Å². The molecule has 2 aromatic rings.